The molecule has 6 nitrogen and oxygen atoms in total. The van der Waals surface area contributed by atoms with Gasteiger partial charge in [0, 0.05) is 38.5 Å². The second-order valence-electron chi connectivity index (χ2n) is 8.42. The number of hydrogen-bond donors (Lipinski definition) is 2. The maximum atomic E-state index is 13.1. The minimum absolute atomic E-state index is 0. The summed E-state index contributed by atoms with van der Waals surface area (Å²) in [5, 5.41) is 6.79. The molecule has 4 rings (SSSR count). The number of ether oxygens (including phenoxy) is 1. The summed E-state index contributed by atoms with van der Waals surface area (Å²) in [6.45, 7) is 4.87. The fourth-order valence-corrected chi connectivity index (χ4v) is 5.53. The second-order valence-corrected chi connectivity index (χ2v) is 8.42. The van der Waals surface area contributed by atoms with Crippen LogP contribution in [0.15, 0.2) is 24.3 Å². The molecule has 2 saturated heterocycles. The van der Waals surface area contributed by atoms with E-state index in [9.17, 15) is 9.59 Å². The van der Waals surface area contributed by atoms with E-state index in [1.165, 1.54) is 11.1 Å². The van der Waals surface area contributed by atoms with Crippen LogP contribution in [-0.2, 0) is 19.7 Å². The Labute approximate surface area is 179 Å². The molecule has 2 heterocycles. The number of halogens is 1. The quantitative estimate of drug-likeness (QED) is 0.784. The molecule has 2 N–H and O–H groups in total. The van der Waals surface area contributed by atoms with Crippen LogP contribution < -0.4 is 10.6 Å². The van der Waals surface area contributed by atoms with Crippen LogP contribution in [0.4, 0.5) is 0 Å². The van der Waals surface area contributed by atoms with Crippen LogP contribution in [0.5, 0.6) is 0 Å². The van der Waals surface area contributed by atoms with Crippen molar-refractivity contribution in [2.45, 2.75) is 50.2 Å². The minimum atomic E-state index is -0.113. The number of amides is 2. The van der Waals surface area contributed by atoms with E-state index < -0.39 is 0 Å². The van der Waals surface area contributed by atoms with Gasteiger partial charge in [0.05, 0.1) is 12.1 Å². The highest BCUT2D eigenvalue weighted by atomic mass is 35.5. The van der Waals surface area contributed by atoms with Gasteiger partial charge in [-0.05, 0) is 49.9 Å². The first-order valence-electron chi connectivity index (χ1n) is 10.5. The number of benzene rings is 1. The zero-order valence-electron chi connectivity index (χ0n) is 17.3. The Morgan fingerprint density at radius 1 is 1.17 bits per heavy atom. The van der Waals surface area contributed by atoms with E-state index in [-0.39, 0.29) is 47.7 Å². The van der Waals surface area contributed by atoms with Gasteiger partial charge < -0.3 is 20.3 Å². The molecule has 2 amide bonds. The number of nitrogens with zero attached hydrogens (tertiary/aromatic N) is 1. The van der Waals surface area contributed by atoms with Crippen molar-refractivity contribution in [1.82, 2.24) is 15.5 Å². The lowest BCUT2D eigenvalue weighted by Crippen LogP contribution is -2.50. The fraction of sp³-hybridized carbons (Fsp3) is 0.636. The molecule has 1 aromatic rings. The summed E-state index contributed by atoms with van der Waals surface area (Å²) >= 11 is 0. The molecule has 1 spiro atoms. The first-order valence-corrected chi connectivity index (χ1v) is 10.5. The highest BCUT2D eigenvalue weighted by Crippen LogP contribution is 2.51. The van der Waals surface area contributed by atoms with Crippen molar-refractivity contribution in [2.75, 3.05) is 33.3 Å². The zero-order chi connectivity index (χ0) is 19.7. The summed E-state index contributed by atoms with van der Waals surface area (Å²) in [6, 6.07) is 8.39. The van der Waals surface area contributed by atoms with E-state index in [4.69, 9.17) is 4.74 Å². The maximum absolute atomic E-state index is 13.1. The molecule has 3 aliphatic rings. The number of methoxy groups -OCH3 is 1. The zero-order valence-corrected chi connectivity index (χ0v) is 18.1. The number of carbonyl (C=O) groups excluding carboxylic acids is 2. The number of hydrogen-bond acceptors (Lipinski definition) is 4. The van der Waals surface area contributed by atoms with Crippen LogP contribution in [-0.4, -0.2) is 56.1 Å². The van der Waals surface area contributed by atoms with Crippen LogP contribution in [0.3, 0.4) is 0 Å². The van der Waals surface area contributed by atoms with Crippen molar-refractivity contribution in [3.63, 3.8) is 0 Å². The molecule has 160 valence electrons. The SMILES string of the molecule is CO[C@H]1[C@H](NC(=O)C2CCN(C(C)=O)CC2)c2ccccc2C12CCNCC2.Cl. The Balaban J connectivity index is 0.00000240. The van der Waals surface area contributed by atoms with Crippen molar-refractivity contribution in [1.29, 1.82) is 0 Å². The third kappa shape index (κ3) is 3.90. The van der Waals surface area contributed by atoms with Crippen LogP contribution in [0.2, 0.25) is 0 Å². The molecule has 0 bridgehead atoms. The first-order chi connectivity index (χ1) is 13.6. The van der Waals surface area contributed by atoms with Gasteiger partial charge in [-0.15, -0.1) is 12.4 Å². The molecule has 1 aromatic carbocycles. The maximum Gasteiger partial charge on any atom is 0.223 e. The van der Waals surface area contributed by atoms with Gasteiger partial charge in [-0.1, -0.05) is 24.3 Å². The summed E-state index contributed by atoms with van der Waals surface area (Å²) in [5.41, 5.74) is 2.50. The van der Waals surface area contributed by atoms with Crippen molar-refractivity contribution in [3.8, 4) is 0 Å². The van der Waals surface area contributed by atoms with E-state index in [1.807, 2.05) is 4.90 Å². The van der Waals surface area contributed by atoms with Gasteiger partial charge >= 0.3 is 0 Å². The lowest BCUT2D eigenvalue weighted by atomic mass is 9.72. The highest BCUT2D eigenvalue weighted by Gasteiger charge is 2.53. The van der Waals surface area contributed by atoms with Crippen LogP contribution in [0, 0.1) is 5.92 Å². The van der Waals surface area contributed by atoms with Crippen molar-refractivity contribution < 1.29 is 14.3 Å². The van der Waals surface area contributed by atoms with Gasteiger partial charge in [-0.2, -0.15) is 0 Å². The molecule has 0 aromatic heterocycles. The van der Waals surface area contributed by atoms with Gasteiger partial charge in [0.2, 0.25) is 11.8 Å². The van der Waals surface area contributed by atoms with Crippen LogP contribution in [0.1, 0.15) is 49.8 Å². The topological polar surface area (TPSA) is 70.7 Å². The Bertz CT molecular complexity index is 743. The number of nitrogens with one attached hydrogen (secondary N) is 2. The van der Waals surface area contributed by atoms with Crippen molar-refractivity contribution >= 4 is 24.2 Å². The molecule has 2 fully saturated rings. The van der Waals surface area contributed by atoms with Crippen LogP contribution >= 0.6 is 12.4 Å². The monoisotopic (exact) mass is 421 g/mol. The number of piperidine rings is 2. The predicted molar refractivity (Wildman–Crippen MR) is 114 cm³/mol. The predicted octanol–water partition coefficient (Wildman–Crippen LogP) is 2.17. The molecular weight excluding hydrogens is 390 g/mol. The van der Waals surface area contributed by atoms with E-state index in [1.54, 1.807) is 14.0 Å². The van der Waals surface area contributed by atoms with E-state index >= 15 is 0 Å². The van der Waals surface area contributed by atoms with Crippen molar-refractivity contribution in [3.05, 3.63) is 35.4 Å². The molecular formula is C22H32ClN3O3. The Morgan fingerprint density at radius 2 is 1.83 bits per heavy atom. The molecule has 0 saturated carbocycles. The van der Waals surface area contributed by atoms with Gasteiger partial charge in [0.15, 0.2) is 0 Å². The van der Waals surface area contributed by atoms with Gasteiger partial charge in [-0.3, -0.25) is 9.59 Å². The van der Waals surface area contributed by atoms with E-state index in [0.717, 1.165) is 38.8 Å². The number of likely N-dealkylation sites (tertiary alicyclic amines) is 1. The summed E-state index contributed by atoms with van der Waals surface area (Å²) in [6.07, 6.45) is 3.45. The molecule has 7 heteroatoms. The average Bonchev–Trinajstić information content (AvgIpc) is 2.97. The fourth-order valence-electron chi connectivity index (χ4n) is 5.53. The van der Waals surface area contributed by atoms with Gasteiger partial charge in [-0.25, -0.2) is 0 Å². The number of carbonyl (C=O) groups is 2. The molecule has 1 aliphatic carbocycles. The summed E-state index contributed by atoms with van der Waals surface area (Å²) in [4.78, 5) is 26.5. The molecule has 0 unspecified atom stereocenters. The van der Waals surface area contributed by atoms with Gasteiger partial charge in [0.25, 0.3) is 0 Å². The Morgan fingerprint density at radius 3 is 2.45 bits per heavy atom. The third-order valence-corrected chi connectivity index (χ3v) is 7.04. The lowest BCUT2D eigenvalue weighted by Gasteiger charge is -2.41. The summed E-state index contributed by atoms with van der Waals surface area (Å²) in [5.74, 6) is 0.150. The highest BCUT2D eigenvalue weighted by molar-refractivity contribution is 5.85. The first kappa shape index (κ1) is 22.1. The van der Waals surface area contributed by atoms with Crippen LogP contribution in [0.25, 0.3) is 0 Å². The van der Waals surface area contributed by atoms with E-state index in [2.05, 4.69) is 34.9 Å². The largest absolute Gasteiger partial charge is 0.378 e. The minimum Gasteiger partial charge on any atom is -0.378 e. The Hall–Kier alpha value is -1.63. The summed E-state index contributed by atoms with van der Waals surface area (Å²) in [7, 11) is 1.77. The van der Waals surface area contributed by atoms with Gasteiger partial charge in [0.1, 0.15) is 0 Å². The summed E-state index contributed by atoms with van der Waals surface area (Å²) < 4.78 is 6.04. The molecule has 29 heavy (non-hydrogen) atoms. The lowest BCUT2D eigenvalue weighted by molar-refractivity contribution is -0.134. The molecule has 2 aliphatic heterocycles. The Kier molecular flexibility index (Phi) is 6.87. The standard InChI is InChI=1S/C22H31N3O3.ClH/c1-15(26)25-13-7-16(8-14-25)21(27)24-19-17-5-3-4-6-18(17)22(20(19)28-2)9-11-23-12-10-22;/h3-6,16,19-20,23H,7-14H2,1-2H3,(H,24,27);1H/t19-,20+;/m1./s1. The normalized spacial score (nSPS) is 25.9. The second kappa shape index (κ2) is 9.02. The van der Waals surface area contributed by atoms with Crippen molar-refractivity contribution in [2.24, 2.45) is 5.92 Å². The average molecular weight is 422 g/mol. The molecule has 0 radical (unpaired) electrons. The third-order valence-electron chi connectivity index (χ3n) is 7.04. The smallest absolute Gasteiger partial charge is 0.223 e. The molecule has 2 atom stereocenters. The number of fused-ring (bicyclic) bond motifs is 2. The van der Waals surface area contributed by atoms with E-state index in [0.29, 0.717) is 13.1 Å². The number of rotatable bonds is 3.